The van der Waals surface area contributed by atoms with Gasteiger partial charge in [-0.25, -0.2) is 13.6 Å². The second-order valence-corrected chi connectivity index (χ2v) is 9.38. The van der Waals surface area contributed by atoms with Gasteiger partial charge in [0.15, 0.2) is 11.6 Å². The molecular weight excluding hydrogens is 500 g/mol. The molecule has 9 heteroatoms. The average Bonchev–Trinajstić information content (AvgIpc) is 2.87. The number of carbonyl (C=O) groups is 1. The number of methoxy groups -OCH3 is 1. The van der Waals surface area contributed by atoms with E-state index in [4.69, 9.17) is 4.74 Å². The molecule has 0 bridgehead atoms. The molecule has 0 spiro atoms. The molecule has 2 amide bonds. The van der Waals surface area contributed by atoms with Crippen LogP contribution in [-0.4, -0.2) is 55.2 Å². The molecule has 0 aliphatic carbocycles. The fraction of sp³-hybridized carbons (Fsp3) is 0.321. The minimum atomic E-state index is -1.25. The van der Waals surface area contributed by atoms with Gasteiger partial charge in [-0.2, -0.15) is 0 Å². The number of carbonyl (C=O) groups excluding carboxylic acids is 1. The van der Waals surface area contributed by atoms with E-state index in [0.29, 0.717) is 12.3 Å². The predicted molar refractivity (Wildman–Crippen MR) is 142 cm³/mol. The van der Waals surface area contributed by atoms with E-state index in [9.17, 15) is 18.7 Å². The van der Waals surface area contributed by atoms with Crippen LogP contribution in [0, 0.1) is 17.6 Å². The van der Waals surface area contributed by atoms with Crippen LogP contribution < -0.4 is 10.1 Å². The first-order valence-electron chi connectivity index (χ1n) is 11.8. The van der Waals surface area contributed by atoms with Gasteiger partial charge in [0.25, 0.3) is 0 Å². The molecule has 198 valence electrons. The summed E-state index contributed by atoms with van der Waals surface area (Å²) in [5, 5.41) is 14.9. The van der Waals surface area contributed by atoms with Crippen molar-refractivity contribution in [3.05, 3.63) is 95.6 Å². The molecule has 4 rings (SSSR count). The maximum absolute atomic E-state index is 13.8. The highest BCUT2D eigenvalue weighted by molar-refractivity contribution is 5.89. The average molecular weight is 532 g/mol. The van der Waals surface area contributed by atoms with Crippen LogP contribution in [0.25, 0.3) is 0 Å². The third kappa shape index (κ3) is 6.04. The van der Waals surface area contributed by atoms with E-state index in [1.54, 1.807) is 12.0 Å². The number of nitrogens with one attached hydrogen (secondary N) is 1. The fourth-order valence-electron chi connectivity index (χ4n) is 5.05. The Morgan fingerprint density at radius 1 is 1.08 bits per heavy atom. The van der Waals surface area contributed by atoms with Gasteiger partial charge in [0.05, 0.1) is 18.8 Å². The van der Waals surface area contributed by atoms with E-state index >= 15 is 0 Å². The first kappa shape index (κ1) is 28.4. The molecule has 0 saturated carbocycles. The van der Waals surface area contributed by atoms with Gasteiger partial charge in [-0.15, -0.1) is 12.4 Å². The summed E-state index contributed by atoms with van der Waals surface area (Å²) in [6, 6.07) is 19.2. The van der Waals surface area contributed by atoms with Crippen LogP contribution in [0.5, 0.6) is 5.75 Å². The molecule has 0 radical (unpaired) electrons. The number of nitrogens with zero attached hydrogens (tertiary/aromatic N) is 2. The molecule has 3 atom stereocenters. The van der Waals surface area contributed by atoms with Gasteiger partial charge in [-0.1, -0.05) is 42.5 Å². The van der Waals surface area contributed by atoms with Crippen LogP contribution in [0.2, 0.25) is 0 Å². The van der Waals surface area contributed by atoms with E-state index < -0.39 is 35.2 Å². The van der Waals surface area contributed by atoms with E-state index in [0.717, 1.165) is 23.3 Å². The number of anilines is 1. The van der Waals surface area contributed by atoms with Gasteiger partial charge in [0, 0.05) is 30.8 Å². The molecule has 6 nitrogen and oxygen atoms in total. The van der Waals surface area contributed by atoms with Crippen LogP contribution in [0.15, 0.2) is 72.8 Å². The smallest absolute Gasteiger partial charge is 0.322 e. The molecule has 2 N–H and O–H groups in total. The van der Waals surface area contributed by atoms with Crippen molar-refractivity contribution < 1.29 is 23.4 Å². The van der Waals surface area contributed by atoms with E-state index in [2.05, 4.69) is 5.32 Å². The van der Waals surface area contributed by atoms with Crippen molar-refractivity contribution in [2.45, 2.75) is 18.1 Å². The highest BCUT2D eigenvalue weighted by Crippen LogP contribution is 2.48. The van der Waals surface area contributed by atoms with Crippen LogP contribution in [0.1, 0.15) is 23.6 Å². The molecule has 3 aromatic carbocycles. The van der Waals surface area contributed by atoms with Gasteiger partial charge in [0.1, 0.15) is 5.75 Å². The lowest BCUT2D eigenvalue weighted by Gasteiger charge is -2.51. The lowest BCUT2D eigenvalue weighted by atomic mass is 9.69. The van der Waals surface area contributed by atoms with Gasteiger partial charge in [-0.3, -0.25) is 0 Å². The van der Waals surface area contributed by atoms with Crippen LogP contribution >= 0.6 is 12.4 Å². The third-order valence-corrected chi connectivity index (χ3v) is 6.77. The Labute approximate surface area is 222 Å². The summed E-state index contributed by atoms with van der Waals surface area (Å²) >= 11 is 0. The van der Waals surface area contributed by atoms with Crippen molar-refractivity contribution in [1.82, 2.24) is 9.80 Å². The molecule has 1 aliphatic rings. The van der Waals surface area contributed by atoms with Gasteiger partial charge in [-0.05, 0) is 55.9 Å². The number of amides is 2. The van der Waals surface area contributed by atoms with Crippen LogP contribution in [0.3, 0.4) is 0 Å². The van der Waals surface area contributed by atoms with Gasteiger partial charge >= 0.3 is 6.03 Å². The number of benzene rings is 3. The molecule has 1 aliphatic heterocycles. The lowest BCUT2D eigenvalue weighted by molar-refractivity contribution is -0.102. The monoisotopic (exact) mass is 531 g/mol. The quantitative estimate of drug-likeness (QED) is 0.444. The largest absolute Gasteiger partial charge is 0.497 e. The minimum absolute atomic E-state index is 0. The van der Waals surface area contributed by atoms with E-state index in [1.807, 2.05) is 73.6 Å². The molecular formula is C28H32ClF2N3O3. The minimum Gasteiger partial charge on any atom is -0.497 e. The zero-order valence-corrected chi connectivity index (χ0v) is 21.8. The number of piperidine rings is 1. The van der Waals surface area contributed by atoms with E-state index in [1.165, 1.54) is 6.07 Å². The lowest BCUT2D eigenvalue weighted by Crippen LogP contribution is -2.56. The Morgan fingerprint density at radius 2 is 1.81 bits per heavy atom. The Morgan fingerprint density at radius 3 is 2.46 bits per heavy atom. The molecule has 1 saturated heterocycles. The number of ether oxygens (including phenoxy) is 1. The maximum atomic E-state index is 13.8. The Kier molecular flexibility index (Phi) is 9.12. The first-order valence-corrected chi connectivity index (χ1v) is 11.8. The number of aliphatic hydroxyl groups is 1. The summed E-state index contributed by atoms with van der Waals surface area (Å²) in [6.45, 7) is 0.731. The number of halogens is 3. The molecule has 1 fully saturated rings. The van der Waals surface area contributed by atoms with Crippen LogP contribution in [-0.2, 0) is 5.60 Å². The van der Waals surface area contributed by atoms with Crippen molar-refractivity contribution in [2.24, 2.45) is 5.92 Å². The second-order valence-electron chi connectivity index (χ2n) is 9.38. The SMILES string of the molecule is COc1cccc(C2(O)CCN(C(=O)Nc3ccc(F)c(F)c3)C(c3ccccc3)C2CN(C)C)c1.Cl. The maximum Gasteiger partial charge on any atom is 0.322 e. The molecule has 0 aromatic heterocycles. The summed E-state index contributed by atoms with van der Waals surface area (Å²) in [6.07, 6.45) is 0.285. The third-order valence-electron chi connectivity index (χ3n) is 6.77. The van der Waals surface area contributed by atoms with Crippen molar-refractivity contribution in [1.29, 1.82) is 0 Å². The summed E-state index contributed by atoms with van der Waals surface area (Å²) in [7, 11) is 5.43. The standard InChI is InChI=1S/C28H31F2N3O3.ClH/c1-32(2)18-23-26(19-8-5-4-6-9-19)33(27(34)31-21-12-13-24(29)25(30)17-21)15-14-28(23,35)20-10-7-11-22(16-20)36-3;/h4-13,16-17,23,26,35H,14-15,18H2,1-3H3,(H,31,34);1H. The molecule has 3 unspecified atom stereocenters. The van der Waals surface area contributed by atoms with Gasteiger partial charge in [0.2, 0.25) is 0 Å². The predicted octanol–water partition coefficient (Wildman–Crippen LogP) is 5.44. The first-order chi connectivity index (χ1) is 17.2. The Hall–Kier alpha value is -3.20. The number of likely N-dealkylation sites (tertiary alicyclic amines) is 1. The number of urea groups is 1. The topological polar surface area (TPSA) is 65.0 Å². The normalized spacial score (nSPS) is 21.3. The highest BCUT2D eigenvalue weighted by Gasteiger charge is 2.50. The summed E-state index contributed by atoms with van der Waals surface area (Å²) in [5.41, 5.74) is 0.488. The van der Waals surface area contributed by atoms with Crippen molar-refractivity contribution >= 4 is 24.1 Å². The molecule has 37 heavy (non-hydrogen) atoms. The number of hydrogen-bond donors (Lipinski definition) is 2. The number of rotatable bonds is 6. The number of hydrogen-bond acceptors (Lipinski definition) is 4. The zero-order chi connectivity index (χ0) is 25.9. The zero-order valence-electron chi connectivity index (χ0n) is 21.0. The van der Waals surface area contributed by atoms with Crippen molar-refractivity contribution in [3.63, 3.8) is 0 Å². The Balaban J connectivity index is 0.00000380. The van der Waals surface area contributed by atoms with Gasteiger partial charge < -0.3 is 25.0 Å². The molecule has 3 aromatic rings. The van der Waals surface area contributed by atoms with Crippen molar-refractivity contribution in [3.8, 4) is 5.75 Å². The highest BCUT2D eigenvalue weighted by atomic mass is 35.5. The summed E-state index contributed by atoms with van der Waals surface area (Å²) in [5.74, 6) is -1.79. The Bertz CT molecular complexity index is 1210. The van der Waals surface area contributed by atoms with E-state index in [-0.39, 0.29) is 31.1 Å². The van der Waals surface area contributed by atoms with Crippen LogP contribution in [0.4, 0.5) is 19.3 Å². The summed E-state index contributed by atoms with van der Waals surface area (Å²) < 4.78 is 32.6. The second kappa shape index (κ2) is 11.9. The molecule has 1 heterocycles. The summed E-state index contributed by atoms with van der Waals surface area (Å²) in [4.78, 5) is 17.2. The van der Waals surface area contributed by atoms with Crippen molar-refractivity contribution in [2.75, 3.05) is 39.6 Å². The fourth-order valence-corrected chi connectivity index (χ4v) is 5.05.